The normalized spacial score (nSPS) is 22.2. The summed E-state index contributed by atoms with van der Waals surface area (Å²) < 4.78 is 1.83. The number of nitrogens with zero attached hydrogens (tertiary/aromatic N) is 2. The molecule has 1 aromatic carbocycles. The van der Waals surface area contributed by atoms with Crippen molar-refractivity contribution in [1.82, 2.24) is 14.8 Å². The van der Waals surface area contributed by atoms with E-state index in [-0.39, 0.29) is 29.4 Å². The lowest BCUT2D eigenvalue weighted by Gasteiger charge is -2.49. The number of β-lactam (4-membered cyclic amide) rings is 1. The average molecular weight is 371 g/mol. The number of aliphatic carboxylic acids is 1. The number of carboxylic acids is 1. The van der Waals surface area contributed by atoms with Crippen LogP contribution in [0, 0.1) is 0 Å². The number of carbonyl (C=O) groups excluding carboxylic acids is 2. The van der Waals surface area contributed by atoms with E-state index in [4.69, 9.17) is 0 Å². The maximum atomic E-state index is 12.4. The van der Waals surface area contributed by atoms with E-state index >= 15 is 0 Å². The fraction of sp³-hybridized carbons (Fsp3) is 0.278. The molecular weight excluding hydrogens is 354 g/mol. The van der Waals surface area contributed by atoms with Gasteiger partial charge in [-0.1, -0.05) is 18.2 Å². The zero-order valence-corrected chi connectivity index (χ0v) is 14.8. The van der Waals surface area contributed by atoms with Gasteiger partial charge in [-0.05, 0) is 30.0 Å². The van der Waals surface area contributed by atoms with Crippen molar-refractivity contribution < 1.29 is 19.5 Å². The van der Waals surface area contributed by atoms with Gasteiger partial charge < -0.3 is 15.0 Å². The molecule has 3 heterocycles. The number of benzene rings is 1. The smallest absolute Gasteiger partial charge is 0.352 e. The Hall–Kier alpha value is -2.74. The molecule has 8 heteroatoms. The van der Waals surface area contributed by atoms with Crippen LogP contribution in [0.15, 0.2) is 47.8 Å². The molecule has 2 aromatic rings. The van der Waals surface area contributed by atoms with Crippen LogP contribution in [0.3, 0.4) is 0 Å². The van der Waals surface area contributed by atoms with Crippen LogP contribution >= 0.6 is 11.8 Å². The second kappa shape index (κ2) is 6.21. The monoisotopic (exact) mass is 371 g/mol. The highest BCUT2D eigenvalue weighted by atomic mass is 32.2. The van der Waals surface area contributed by atoms with Gasteiger partial charge in [-0.25, -0.2) is 4.79 Å². The summed E-state index contributed by atoms with van der Waals surface area (Å²) in [6.45, 7) is 1.82. The molecule has 0 radical (unpaired) electrons. The number of amides is 2. The Kier molecular flexibility index (Phi) is 3.99. The lowest BCUT2D eigenvalue weighted by molar-refractivity contribution is -0.150. The molecule has 7 nitrogen and oxygen atoms in total. The molecule has 0 saturated carbocycles. The van der Waals surface area contributed by atoms with Gasteiger partial charge in [0, 0.05) is 17.5 Å². The third-order valence-electron chi connectivity index (χ3n) is 4.67. The molecule has 2 amide bonds. The van der Waals surface area contributed by atoms with Crippen LogP contribution in [0.25, 0.3) is 10.9 Å². The highest BCUT2D eigenvalue weighted by molar-refractivity contribution is 8.00. The van der Waals surface area contributed by atoms with Crippen molar-refractivity contribution in [3.8, 4) is 0 Å². The van der Waals surface area contributed by atoms with Gasteiger partial charge in [0.1, 0.15) is 23.7 Å². The van der Waals surface area contributed by atoms with Gasteiger partial charge in [-0.2, -0.15) is 0 Å². The maximum Gasteiger partial charge on any atom is 0.352 e. The number of nitrogens with one attached hydrogen (secondary N) is 1. The number of hydrogen-bond donors (Lipinski definition) is 2. The van der Waals surface area contributed by atoms with E-state index in [1.165, 1.54) is 16.7 Å². The van der Waals surface area contributed by atoms with E-state index in [9.17, 15) is 19.5 Å². The van der Waals surface area contributed by atoms with Gasteiger partial charge in [-0.15, -0.1) is 11.8 Å². The Morgan fingerprint density at radius 3 is 2.85 bits per heavy atom. The van der Waals surface area contributed by atoms with Gasteiger partial charge in [0.05, 0.1) is 0 Å². The second-order valence-corrected chi connectivity index (χ2v) is 7.50. The molecular formula is C18H17N3O4S. The number of thioether (sulfide) groups is 1. The SMILES string of the molecule is CC1=C(C(=O)O)N2C(=O)[C@@H](NC(=O)Cn3ccc4ccccc43)[C@H]2SC1. The summed E-state index contributed by atoms with van der Waals surface area (Å²) in [7, 11) is 0. The van der Waals surface area contributed by atoms with E-state index in [0.29, 0.717) is 11.3 Å². The first-order valence-corrected chi connectivity index (χ1v) is 9.23. The van der Waals surface area contributed by atoms with Crippen LogP contribution in [0.5, 0.6) is 0 Å². The van der Waals surface area contributed by atoms with Crippen LogP contribution in [0.1, 0.15) is 6.92 Å². The summed E-state index contributed by atoms with van der Waals surface area (Å²) >= 11 is 1.47. The fourth-order valence-corrected chi connectivity index (χ4v) is 4.72. The van der Waals surface area contributed by atoms with Crippen molar-refractivity contribution >= 4 is 40.4 Å². The van der Waals surface area contributed by atoms with E-state index in [1.807, 2.05) is 41.1 Å². The van der Waals surface area contributed by atoms with Gasteiger partial charge >= 0.3 is 5.97 Å². The number of rotatable bonds is 4. The quantitative estimate of drug-likeness (QED) is 0.793. The molecule has 2 aliphatic heterocycles. The van der Waals surface area contributed by atoms with Crippen LogP contribution in [0.2, 0.25) is 0 Å². The number of carboxylic acid groups (broad SMARTS) is 1. The van der Waals surface area contributed by atoms with E-state index < -0.39 is 12.0 Å². The fourth-order valence-electron chi connectivity index (χ4n) is 3.43. The number of aromatic nitrogens is 1. The molecule has 1 fully saturated rings. The summed E-state index contributed by atoms with van der Waals surface area (Å²) in [5.41, 5.74) is 1.65. The molecule has 2 aliphatic rings. The number of carbonyl (C=O) groups is 3. The minimum Gasteiger partial charge on any atom is -0.477 e. The van der Waals surface area contributed by atoms with Crippen molar-refractivity contribution in [3.05, 3.63) is 47.8 Å². The first-order valence-electron chi connectivity index (χ1n) is 8.18. The predicted octanol–water partition coefficient (Wildman–Crippen LogP) is 1.40. The molecule has 0 bridgehead atoms. The highest BCUT2D eigenvalue weighted by Crippen LogP contribution is 2.40. The Morgan fingerprint density at radius 1 is 1.31 bits per heavy atom. The highest BCUT2D eigenvalue weighted by Gasteiger charge is 2.53. The van der Waals surface area contributed by atoms with Gasteiger partial charge in [0.2, 0.25) is 5.91 Å². The van der Waals surface area contributed by atoms with Crippen LogP contribution in [0.4, 0.5) is 0 Å². The van der Waals surface area contributed by atoms with Crippen molar-refractivity contribution in [3.63, 3.8) is 0 Å². The minimum absolute atomic E-state index is 0.0423. The van der Waals surface area contributed by atoms with E-state index in [2.05, 4.69) is 5.32 Å². The Labute approximate surface area is 153 Å². The predicted molar refractivity (Wildman–Crippen MR) is 97.3 cm³/mol. The molecule has 0 spiro atoms. The first-order chi connectivity index (χ1) is 12.5. The van der Waals surface area contributed by atoms with Crippen LogP contribution in [-0.2, 0) is 20.9 Å². The maximum absolute atomic E-state index is 12.4. The van der Waals surface area contributed by atoms with Gasteiger partial charge in [-0.3, -0.25) is 14.5 Å². The topological polar surface area (TPSA) is 91.6 Å². The lowest BCUT2D eigenvalue weighted by atomic mass is 10.0. The molecule has 2 atom stereocenters. The third kappa shape index (κ3) is 2.57. The summed E-state index contributed by atoms with van der Waals surface area (Å²) in [4.78, 5) is 37.5. The largest absolute Gasteiger partial charge is 0.477 e. The molecule has 2 N–H and O–H groups in total. The van der Waals surface area contributed by atoms with Crippen molar-refractivity contribution in [1.29, 1.82) is 0 Å². The Bertz CT molecular complexity index is 964. The third-order valence-corrected chi connectivity index (χ3v) is 6.10. The summed E-state index contributed by atoms with van der Waals surface area (Å²) in [6.07, 6.45) is 1.84. The zero-order chi connectivity index (χ0) is 18.4. The standard InChI is InChI=1S/C18H17N3O4S/c1-10-9-26-17-14(16(23)21(17)15(10)18(24)25)19-13(22)8-20-7-6-11-4-2-3-5-12(11)20/h2-7,14,17H,8-9H2,1H3,(H,19,22)(H,24,25)/t14-,17-/m1/s1. The number of para-hydroxylation sites is 1. The summed E-state index contributed by atoms with van der Waals surface area (Å²) in [6, 6.07) is 8.99. The lowest BCUT2D eigenvalue weighted by Crippen LogP contribution is -2.70. The van der Waals surface area contributed by atoms with Crippen LogP contribution < -0.4 is 5.32 Å². The van der Waals surface area contributed by atoms with Crippen molar-refractivity contribution in [2.75, 3.05) is 5.75 Å². The second-order valence-electron chi connectivity index (χ2n) is 6.39. The zero-order valence-electron chi connectivity index (χ0n) is 14.0. The first kappa shape index (κ1) is 16.7. The average Bonchev–Trinajstić information content (AvgIpc) is 3.02. The molecule has 1 aromatic heterocycles. The van der Waals surface area contributed by atoms with Crippen molar-refractivity contribution in [2.45, 2.75) is 24.9 Å². The molecule has 1 saturated heterocycles. The molecule has 4 rings (SSSR count). The van der Waals surface area contributed by atoms with Gasteiger partial charge in [0.15, 0.2) is 0 Å². The van der Waals surface area contributed by atoms with Crippen LogP contribution in [-0.4, -0.2) is 49.5 Å². The minimum atomic E-state index is -1.11. The molecule has 0 unspecified atom stereocenters. The van der Waals surface area contributed by atoms with E-state index in [1.54, 1.807) is 6.92 Å². The Morgan fingerprint density at radius 2 is 2.08 bits per heavy atom. The summed E-state index contributed by atoms with van der Waals surface area (Å²) in [5, 5.41) is 12.8. The summed E-state index contributed by atoms with van der Waals surface area (Å²) in [5.74, 6) is -1.22. The Balaban J connectivity index is 1.46. The van der Waals surface area contributed by atoms with E-state index in [0.717, 1.165) is 10.9 Å². The molecule has 134 valence electrons. The van der Waals surface area contributed by atoms with Gasteiger partial charge in [0.25, 0.3) is 5.91 Å². The molecule has 0 aliphatic carbocycles. The van der Waals surface area contributed by atoms with Crippen molar-refractivity contribution in [2.24, 2.45) is 0 Å². The number of hydrogen-bond acceptors (Lipinski definition) is 4. The number of fused-ring (bicyclic) bond motifs is 2. The molecule has 26 heavy (non-hydrogen) atoms.